The summed E-state index contributed by atoms with van der Waals surface area (Å²) in [5.41, 5.74) is 1.73. The maximum Gasteiger partial charge on any atom is 0.224 e. The van der Waals surface area contributed by atoms with E-state index in [4.69, 9.17) is 4.52 Å². The van der Waals surface area contributed by atoms with Gasteiger partial charge in [-0.3, -0.25) is 4.79 Å². The molecule has 1 amide bonds. The molecule has 0 saturated carbocycles. The fourth-order valence-electron chi connectivity index (χ4n) is 2.33. The molecule has 0 aliphatic heterocycles. The Hall–Kier alpha value is -2.05. The maximum atomic E-state index is 12.1. The van der Waals surface area contributed by atoms with Crippen molar-refractivity contribution in [3.8, 4) is 10.6 Å². The quantitative estimate of drug-likeness (QED) is 0.607. The van der Waals surface area contributed by atoms with Crippen molar-refractivity contribution in [1.82, 2.24) is 10.5 Å². The molecule has 2 heterocycles. The van der Waals surface area contributed by atoms with Gasteiger partial charge in [-0.25, -0.2) is 0 Å². The Kier molecular flexibility index (Phi) is 5.94. The van der Waals surface area contributed by atoms with Gasteiger partial charge >= 0.3 is 0 Å². The van der Waals surface area contributed by atoms with E-state index in [-0.39, 0.29) is 5.91 Å². The second-order valence-electron chi connectivity index (χ2n) is 5.92. The van der Waals surface area contributed by atoms with Crippen molar-refractivity contribution in [2.45, 2.75) is 37.0 Å². The minimum Gasteiger partial charge on any atom is -0.355 e. The van der Waals surface area contributed by atoms with E-state index in [1.54, 1.807) is 11.3 Å². The van der Waals surface area contributed by atoms with E-state index in [9.17, 15) is 4.79 Å². The first kappa shape index (κ1) is 17.8. The van der Waals surface area contributed by atoms with E-state index in [0.717, 1.165) is 21.9 Å². The Bertz CT molecular complexity index is 808. The number of thioether (sulfide) groups is 1. The summed E-state index contributed by atoms with van der Waals surface area (Å²) >= 11 is 3.41. The molecule has 6 heteroatoms. The topological polar surface area (TPSA) is 55.1 Å². The predicted octanol–water partition coefficient (Wildman–Crippen LogP) is 4.76. The molecule has 0 spiro atoms. The van der Waals surface area contributed by atoms with Crippen molar-refractivity contribution < 1.29 is 9.32 Å². The number of thiophene rings is 1. The number of benzene rings is 1. The lowest BCUT2D eigenvalue weighted by Crippen LogP contribution is -2.24. The molecular formula is C19H20N2O2S2. The van der Waals surface area contributed by atoms with Crippen molar-refractivity contribution >= 4 is 29.0 Å². The molecule has 0 atom stereocenters. The van der Waals surface area contributed by atoms with E-state index >= 15 is 0 Å². The molecule has 2 aromatic heterocycles. The SMILES string of the molecule is CC(C)Sc1ccc(CC(=O)NCc2cc(-c3cccs3)on2)cc1. The van der Waals surface area contributed by atoms with Crippen molar-refractivity contribution in [3.63, 3.8) is 0 Å². The highest BCUT2D eigenvalue weighted by Crippen LogP contribution is 2.25. The molecule has 25 heavy (non-hydrogen) atoms. The summed E-state index contributed by atoms with van der Waals surface area (Å²) in [6.07, 6.45) is 0.363. The standard InChI is InChI=1S/C19H20N2O2S2/c1-13(2)25-16-7-5-14(6-8-16)10-19(22)20-12-15-11-17(23-21-15)18-4-3-9-24-18/h3-9,11,13H,10,12H2,1-2H3,(H,20,22). The second kappa shape index (κ2) is 8.36. The maximum absolute atomic E-state index is 12.1. The first-order valence-corrected chi connectivity index (χ1v) is 9.88. The van der Waals surface area contributed by atoms with Crippen molar-refractivity contribution in [2.24, 2.45) is 0 Å². The van der Waals surface area contributed by atoms with Crippen LogP contribution in [-0.4, -0.2) is 16.3 Å². The molecule has 0 radical (unpaired) electrons. The van der Waals surface area contributed by atoms with E-state index in [1.807, 2.05) is 47.5 Å². The molecule has 0 unspecified atom stereocenters. The van der Waals surface area contributed by atoms with Crippen LogP contribution in [0.15, 0.2) is 57.3 Å². The number of nitrogens with zero attached hydrogens (tertiary/aromatic N) is 1. The molecule has 0 saturated heterocycles. The zero-order valence-corrected chi connectivity index (χ0v) is 15.8. The smallest absolute Gasteiger partial charge is 0.224 e. The van der Waals surface area contributed by atoms with E-state index in [0.29, 0.717) is 18.2 Å². The van der Waals surface area contributed by atoms with E-state index in [2.05, 4.69) is 36.5 Å². The van der Waals surface area contributed by atoms with Gasteiger partial charge in [0.1, 0.15) is 5.69 Å². The van der Waals surface area contributed by atoms with Crippen LogP contribution in [0.25, 0.3) is 10.6 Å². The molecule has 0 aliphatic carbocycles. The zero-order valence-electron chi connectivity index (χ0n) is 14.2. The Morgan fingerprint density at radius 2 is 2.08 bits per heavy atom. The molecular weight excluding hydrogens is 352 g/mol. The van der Waals surface area contributed by atoms with Crippen molar-refractivity contribution in [3.05, 3.63) is 59.1 Å². The van der Waals surface area contributed by atoms with Gasteiger partial charge in [0.25, 0.3) is 0 Å². The van der Waals surface area contributed by atoms with Crippen LogP contribution in [-0.2, 0) is 17.8 Å². The second-order valence-corrected chi connectivity index (χ2v) is 8.52. The van der Waals surface area contributed by atoms with Gasteiger partial charge in [-0.2, -0.15) is 0 Å². The van der Waals surface area contributed by atoms with Crippen LogP contribution in [0.5, 0.6) is 0 Å². The summed E-state index contributed by atoms with van der Waals surface area (Å²) in [4.78, 5) is 14.4. The molecule has 1 aromatic carbocycles. The number of nitrogens with one attached hydrogen (secondary N) is 1. The van der Waals surface area contributed by atoms with E-state index in [1.165, 1.54) is 4.90 Å². The average molecular weight is 373 g/mol. The Balaban J connectivity index is 1.49. The molecule has 4 nitrogen and oxygen atoms in total. The number of aromatic nitrogens is 1. The van der Waals surface area contributed by atoms with Gasteiger partial charge in [0, 0.05) is 16.2 Å². The number of carbonyl (C=O) groups excluding carboxylic acids is 1. The van der Waals surface area contributed by atoms with Crippen LogP contribution in [0.3, 0.4) is 0 Å². The summed E-state index contributed by atoms with van der Waals surface area (Å²) in [5, 5.41) is 9.44. The molecule has 3 aromatic rings. The van der Waals surface area contributed by atoms with Crippen molar-refractivity contribution in [2.75, 3.05) is 0 Å². The van der Waals surface area contributed by atoms with E-state index < -0.39 is 0 Å². The monoisotopic (exact) mass is 372 g/mol. The number of hydrogen-bond donors (Lipinski definition) is 1. The van der Waals surface area contributed by atoms with Gasteiger partial charge < -0.3 is 9.84 Å². The third kappa shape index (κ3) is 5.21. The molecule has 0 aliphatic rings. The molecule has 0 bridgehead atoms. The first-order valence-electron chi connectivity index (χ1n) is 8.12. The lowest BCUT2D eigenvalue weighted by atomic mass is 10.1. The fraction of sp³-hybridized carbons (Fsp3) is 0.263. The van der Waals surface area contributed by atoms with Crippen LogP contribution >= 0.6 is 23.1 Å². The highest BCUT2D eigenvalue weighted by molar-refractivity contribution is 7.99. The lowest BCUT2D eigenvalue weighted by Gasteiger charge is -2.06. The van der Waals surface area contributed by atoms with Gasteiger partial charge in [-0.05, 0) is 29.1 Å². The summed E-state index contributed by atoms with van der Waals surface area (Å²) < 4.78 is 5.31. The number of amides is 1. The number of carbonyl (C=O) groups is 1. The number of hydrogen-bond acceptors (Lipinski definition) is 5. The van der Waals surface area contributed by atoms with Gasteiger partial charge in [0.2, 0.25) is 5.91 Å². The van der Waals surface area contributed by atoms with Gasteiger partial charge in [-0.1, -0.05) is 37.2 Å². The molecule has 130 valence electrons. The molecule has 0 fully saturated rings. The minimum absolute atomic E-state index is 0.0232. The third-order valence-corrected chi connectivity index (χ3v) is 5.35. The summed E-state index contributed by atoms with van der Waals surface area (Å²) in [6, 6.07) is 14.0. The number of rotatable bonds is 7. The van der Waals surface area contributed by atoms with Gasteiger partial charge in [0.15, 0.2) is 5.76 Å². The zero-order chi connectivity index (χ0) is 17.6. The normalized spacial score (nSPS) is 11.0. The van der Waals surface area contributed by atoms with Crippen LogP contribution in [0.2, 0.25) is 0 Å². The Morgan fingerprint density at radius 3 is 2.76 bits per heavy atom. The van der Waals surface area contributed by atoms with Gasteiger partial charge in [-0.15, -0.1) is 23.1 Å². The largest absolute Gasteiger partial charge is 0.355 e. The minimum atomic E-state index is -0.0232. The van der Waals surface area contributed by atoms with Crippen molar-refractivity contribution in [1.29, 1.82) is 0 Å². The highest BCUT2D eigenvalue weighted by Gasteiger charge is 2.09. The molecule has 1 N–H and O–H groups in total. The van der Waals surface area contributed by atoms with Crippen LogP contribution in [0, 0.1) is 0 Å². The average Bonchev–Trinajstić information content (AvgIpc) is 3.25. The third-order valence-electron chi connectivity index (χ3n) is 3.45. The van der Waals surface area contributed by atoms with Crippen LogP contribution in [0.4, 0.5) is 0 Å². The van der Waals surface area contributed by atoms with Crippen LogP contribution in [0.1, 0.15) is 25.1 Å². The summed E-state index contributed by atoms with van der Waals surface area (Å²) in [7, 11) is 0. The molecule has 3 rings (SSSR count). The van der Waals surface area contributed by atoms with Gasteiger partial charge in [0.05, 0.1) is 17.8 Å². The lowest BCUT2D eigenvalue weighted by molar-refractivity contribution is -0.120. The summed E-state index contributed by atoms with van der Waals surface area (Å²) in [6.45, 7) is 4.70. The van der Waals surface area contributed by atoms with Crippen LogP contribution < -0.4 is 5.32 Å². The highest BCUT2D eigenvalue weighted by atomic mass is 32.2. The first-order chi connectivity index (χ1) is 12.1. The summed E-state index contributed by atoms with van der Waals surface area (Å²) in [5.74, 6) is 0.711. The fourth-order valence-corrected chi connectivity index (χ4v) is 3.84. The Labute approximate surface area is 155 Å². The predicted molar refractivity (Wildman–Crippen MR) is 103 cm³/mol. The Morgan fingerprint density at radius 1 is 1.28 bits per heavy atom.